The van der Waals surface area contributed by atoms with Crippen molar-refractivity contribution in [1.82, 2.24) is 19.9 Å². The number of amides is 1. The van der Waals surface area contributed by atoms with E-state index in [1.165, 1.54) is 5.56 Å². The Kier molecular flexibility index (Phi) is 4.82. The highest BCUT2D eigenvalue weighted by Crippen LogP contribution is 2.43. The zero-order valence-electron chi connectivity index (χ0n) is 17.9. The first-order valence-electron chi connectivity index (χ1n) is 11.0. The van der Waals surface area contributed by atoms with Gasteiger partial charge >= 0.3 is 0 Å². The molecule has 6 heteroatoms. The van der Waals surface area contributed by atoms with E-state index in [1.807, 2.05) is 27.8 Å². The van der Waals surface area contributed by atoms with Crippen molar-refractivity contribution in [3.63, 3.8) is 0 Å². The predicted octanol–water partition coefficient (Wildman–Crippen LogP) is 4.51. The summed E-state index contributed by atoms with van der Waals surface area (Å²) in [5.74, 6) is 0.654. The number of aryl methyl sites for hydroxylation is 1. The van der Waals surface area contributed by atoms with Gasteiger partial charge in [-0.1, -0.05) is 48.9 Å². The first-order chi connectivity index (χ1) is 14.5. The third kappa shape index (κ3) is 3.10. The van der Waals surface area contributed by atoms with Gasteiger partial charge in [0.15, 0.2) is 0 Å². The Morgan fingerprint density at radius 2 is 1.77 bits per heavy atom. The largest absolute Gasteiger partial charge is 0.295 e. The summed E-state index contributed by atoms with van der Waals surface area (Å²) in [6, 6.07) is 16.3. The van der Waals surface area contributed by atoms with Gasteiger partial charge in [-0.3, -0.25) is 9.69 Å². The highest BCUT2D eigenvalue weighted by Gasteiger charge is 2.51. The average Bonchev–Trinajstić information content (AvgIpc) is 3.28. The molecule has 0 radical (unpaired) electrons. The standard InChI is InChI=1S/C24H29N5O/c1-16(2)15-21-24(30)27(18-13-11-17(3)12-14-18)22-9-6-10-23(28(21)22)29-20-8-5-4-7-19(20)25-26-29/h4-5,7-8,11-14,16,21-23H,6,9-10,15H2,1-3H3/t21-,22-,23?/m0/s1. The third-order valence-electron chi connectivity index (χ3n) is 6.46. The van der Waals surface area contributed by atoms with Crippen molar-refractivity contribution < 1.29 is 4.79 Å². The Bertz CT molecular complexity index is 1060. The number of carbonyl (C=O) groups excluding carboxylic acids is 1. The number of hydrogen-bond donors (Lipinski definition) is 0. The molecule has 2 saturated heterocycles. The van der Waals surface area contributed by atoms with Gasteiger partial charge < -0.3 is 0 Å². The lowest BCUT2D eigenvalue weighted by Crippen LogP contribution is -2.48. The SMILES string of the molecule is Cc1ccc(N2C(=O)[C@H](CC(C)C)N3C(n4nnc5ccccc54)CCC[C@@H]23)cc1. The lowest BCUT2D eigenvalue weighted by Gasteiger charge is -2.41. The number of hydrogen-bond acceptors (Lipinski definition) is 4. The summed E-state index contributed by atoms with van der Waals surface area (Å²) in [5.41, 5.74) is 4.14. The van der Waals surface area contributed by atoms with Gasteiger partial charge in [0.1, 0.15) is 11.7 Å². The number of carbonyl (C=O) groups is 1. The van der Waals surface area contributed by atoms with E-state index >= 15 is 0 Å². The second-order valence-corrected chi connectivity index (χ2v) is 9.05. The van der Waals surface area contributed by atoms with Crippen LogP contribution in [-0.2, 0) is 4.79 Å². The summed E-state index contributed by atoms with van der Waals surface area (Å²) >= 11 is 0. The minimum Gasteiger partial charge on any atom is -0.295 e. The van der Waals surface area contributed by atoms with E-state index < -0.39 is 0 Å². The monoisotopic (exact) mass is 403 g/mol. The van der Waals surface area contributed by atoms with Crippen molar-refractivity contribution in [1.29, 1.82) is 0 Å². The van der Waals surface area contributed by atoms with Gasteiger partial charge in [-0.05, 0) is 62.8 Å². The van der Waals surface area contributed by atoms with Crippen molar-refractivity contribution in [2.24, 2.45) is 5.92 Å². The lowest BCUT2D eigenvalue weighted by atomic mass is 9.99. The summed E-state index contributed by atoms with van der Waals surface area (Å²) in [5, 5.41) is 8.91. The summed E-state index contributed by atoms with van der Waals surface area (Å²) in [7, 11) is 0. The molecule has 3 atom stereocenters. The maximum absolute atomic E-state index is 13.7. The quantitative estimate of drug-likeness (QED) is 0.643. The molecule has 0 spiro atoms. The third-order valence-corrected chi connectivity index (χ3v) is 6.46. The number of fused-ring (bicyclic) bond motifs is 2. The molecule has 1 aromatic heterocycles. The Hall–Kier alpha value is -2.73. The van der Waals surface area contributed by atoms with Gasteiger partial charge in [0.05, 0.1) is 17.7 Å². The molecule has 156 valence electrons. The fourth-order valence-electron chi connectivity index (χ4n) is 5.12. The molecule has 1 amide bonds. The van der Waals surface area contributed by atoms with Gasteiger partial charge in [-0.25, -0.2) is 9.58 Å². The maximum Gasteiger partial charge on any atom is 0.245 e. The van der Waals surface area contributed by atoms with Crippen LogP contribution in [0, 0.1) is 12.8 Å². The van der Waals surface area contributed by atoms with Gasteiger partial charge in [0.25, 0.3) is 0 Å². The van der Waals surface area contributed by atoms with Crippen LogP contribution in [-0.4, -0.2) is 38.0 Å². The summed E-state index contributed by atoms with van der Waals surface area (Å²) in [4.78, 5) is 18.2. The smallest absolute Gasteiger partial charge is 0.245 e. The van der Waals surface area contributed by atoms with Gasteiger partial charge in [0.2, 0.25) is 5.91 Å². The van der Waals surface area contributed by atoms with Gasteiger partial charge in [-0.15, -0.1) is 5.10 Å². The van der Waals surface area contributed by atoms with E-state index in [-0.39, 0.29) is 24.3 Å². The zero-order chi connectivity index (χ0) is 20.8. The molecule has 6 nitrogen and oxygen atoms in total. The topological polar surface area (TPSA) is 54.3 Å². The molecule has 1 unspecified atom stereocenters. The van der Waals surface area contributed by atoms with Crippen LogP contribution in [0.25, 0.3) is 11.0 Å². The highest BCUT2D eigenvalue weighted by molar-refractivity contribution is 6.00. The Labute approximate surface area is 177 Å². The van der Waals surface area contributed by atoms with E-state index in [9.17, 15) is 4.79 Å². The van der Waals surface area contributed by atoms with Crippen LogP contribution in [0.3, 0.4) is 0 Å². The number of para-hydroxylation sites is 1. The molecule has 0 saturated carbocycles. The van der Waals surface area contributed by atoms with Crippen LogP contribution in [0.5, 0.6) is 0 Å². The van der Waals surface area contributed by atoms with E-state index in [4.69, 9.17) is 0 Å². The van der Waals surface area contributed by atoms with Crippen molar-refractivity contribution >= 4 is 22.6 Å². The molecule has 2 aliphatic heterocycles. The molecule has 30 heavy (non-hydrogen) atoms. The average molecular weight is 404 g/mol. The lowest BCUT2D eigenvalue weighted by molar-refractivity contribution is -0.121. The number of piperidine rings is 1. The van der Waals surface area contributed by atoms with Crippen molar-refractivity contribution in [3.8, 4) is 0 Å². The Morgan fingerprint density at radius 1 is 1.03 bits per heavy atom. The normalized spacial score (nSPS) is 24.7. The molecule has 3 aromatic rings. The van der Waals surface area contributed by atoms with Gasteiger partial charge in [0, 0.05) is 5.69 Å². The van der Waals surface area contributed by atoms with E-state index in [0.717, 1.165) is 42.4 Å². The van der Waals surface area contributed by atoms with Crippen LogP contribution < -0.4 is 4.90 Å². The first kappa shape index (κ1) is 19.2. The van der Waals surface area contributed by atoms with Crippen LogP contribution in [0.2, 0.25) is 0 Å². The minimum atomic E-state index is -0.135. The van der Waals surface area contributed by atoms with Crippen LogP contribution in [0.1, 0.15) is 51.3 Å². The number of nitrogens with zero attached hydrogens (tertiary/aromatic N) is 5. The fourth-order valence-corrected chi connectivity index (χ4v) is 5.12. The molecule has 0 N–H and O–H groups in total. The van der Waals surface area contributed by atoms with E-state index in [2.05, 4.69) is 66.3 Å². The molecule has 0 bridgehead atoms. The van der Waals surface area contributed by atoms with E-state index in [1.54, 1.807) is 0 Å². The molecule has 3 heterocycles. The zero-order valence-corrected chi connectivity index (χ0v) is 17.9. The Balaban J connectivity index is 1.59. The van der Waals surface area contributed by atoms with Crippen molar-refractivity contribution in [3.05, 3.63) is 54.1 Å². The molecule has 2 fully saturated rings. The summed E-state index contributed by atoms with van der Waals surface area (Å²) in [6.07, 6.45) is 3.97. The van der Waals surface area contributed by atoms with Crippen LogP contribution in [0.4, 0.5) is 5.69 Å². The van der Waals surface area contributed by atoms with Crippen molar-refractivity contribution in [2.45, 2.75) is 64.8 Å². The molecular weight excluding hydrogens is 374 g/mol. The number of anilines is 1. The maximum atomic E-state index is 13.7. The number of rotatable bonds is 4. The number of benzene rings is 2. The second kappa shape index (κ2) is 7.51. The minimum absolute atomic E-state index is 0.0410. The molecular formula is C24H29N5O. The molecule has 2 aliphatic rings. The van der Waals surface area contributed by atoms with Crippen LogP contribution >= 0.6 is 0 Å². The highest BCUT2D eigenvalue weighted by atomic mass is 16.2. The fraction of sp³-hybridized carbons (Fsp3) is 0.458. The summed E-state index contributed by atoms with van der Waals surface area (Å²) in [6.45, 7) is 6.47. The first-order valence-corrected chi connectivity index (χ1v) is 11.0. The van der Waals surface area contributed by atoms with Crippen LogP contribution in [0.15, 0.2) is 48.5 Å². The van der Waals surface area contributed by atoms with Crippen molar-refractivity contribution in [2.75, 3.05) is 4.90 Å². The van der Waals surface area contributed by atoms with E-state index in [0.29, 0.717) is 5.92 Å². The molecule has 5 rings (SSSR count). The second-order valence-electron chi connectivity index (χ2n) is 9.05. The molecule has 2 aromatic carbocycles. The Morgan fingerprint density at radius 3 is 2.53 bits per heavy atom. The van der Waals surface area contributed by atoms with Gasteiger partial charge in [-0.2, -0.15) is 0 Å². The molecule has 0 aliphatic carbocycles. The predicted molar refractivity (Wildman–Crippen MR) is 118 cm³/mol. The summed E-state index contributed by atoms with van der Waals surface area (Å²) < 4.78 is 2.04. The number of aromatic nitrogens is 3.